The van der Waals surface area contributed by atoms with E-state index in [1.165, 1.54) is 0 Å². The van der Waals surface area contributed by atoms with Gasteiger partial charge in [0.2, 0.25) is 0 Å². The number of aryl methyl sites for hydroxylation is 1. The lowest BCUT2D eigenvalue weighted by atomic mass is 9.98. The Morgan fingerprint density at radius 2 is 1.68 bits per heavy atom. The summed E-state index contributed by atoms with van der Waals surface area (Å²) in [5.41, 5.74) is 2.12. The van der Waals surface area contributed by atoms with Crippen LogP contribution >= 0.6 is 0 Å². The number of carbonyl (C=O) groups is 2. The lowest BCUT2D eigenvalue weighted by molar-refractivity contribution is 0.0942. The van der Waals surface area contributed by atoms with Gasteiger partial charge in [0.1, 0.15) is 5.76 Å². The van der Waals surface area contributed by atoms with Crippen LogP contribution in [0.1, 0.15) is 37.7 Å². The fourth-order valence-electron chi connectivity index (χ4n) is 2.55. The molecule has 0 saturated heterocycles. The summed E-state index contributed by atoms with van der Waals surface area (Å²) in [6.45, 7) is 2.25. The second kappa shape index (κ2) is 7.57. The van der Waals surface area contributed by atoms with Crippen molar-refractivity contribution in [2.75, 3.05) is 6.54 Å². The molecule has 0 spiro atoms. The summed E-state index contributed by atoms with van der Waals surface area (Å²) in [5.74, 6) is 0.264. The van der Waals surface area contributed by atoms with Crippen LogP contribution in [0.4, 0.5) is 0 Å². The fourth-order valence-corrected chi connectivity index (χ4v) is 2.55. The van der Waals surface area contributed by atoms with Crippen molar-refractivity contribution in [3.63, 3.8) is 0 Å². The highest BCUT2D eigenvalue weighted by Crippen LogP contribution is 2.15. The van der Waals surface area contributed by atoms with Gasteiger partial charge >= 0.3 is 0 Å². The number of ketones is 1. The molecule has 3 rings (SSSR count). The van der Waals surface area contributed by atoms with E-state index in [-0.39, 0.29) is 11.7 Å². The molecule has 25 heavy (non-hydrogen) atoms. The molecule has 0 unspecified atom stereocenters. The second-order valence-electron chi connectivity index (χ2n) is 5.68. The van der Waals surface area contributed by atoms with E-state index in [0.717, 1.165) is 5.69 Å². The van der Waals surface area contributed by atoms with Gasteiger partial charge in [-0.2, -0.15) is 0 Å². The van der Waals surface area contributed by atoms with Crippen molar-refractivity contribution in [1.82, 2.24) is 10.5 Å². The van der Waals surface area contributed by atoms with Crippen molar-refractivity contribution in [1.29, 1.82) is 0 Å². The van der Waals surface area contributed by atoms with Crippen molar-refractivity contribution in [3.8, 4) is 0 Å². The van der Waals surface area contributed by atoms with Gasteiger partial charge in [0.15, 0.2) is 5.78 Å². The van der Waals surface area contributed by atoms with Crippen LogP contribution < -0.4 is 5.32 Å². The lowest BCUT2D eigenvalue weighted by Gasteiger charge is -2.09. The first-order chi connectivity index (χ1) is 12.1. The van der Waals surface area contributed by atoms with Gasteiger partial charge < -0.3 is 9.84 Å². The summed E-state index contributed by atoms with van der Waals surface area (Å²) < 4.78 is 5.12. The van der Waals surface area contributed by atoms with Crippen LogP contribution in [0.25, 0.3) is 0 Å². The second-order valence-corrected chi connectivity index (χ2v) is 5.68. The highest BCUT2D eigenvalue weighted by molar-refractivity contribution is 6.15. The molecule has 0 radical (unpaired) electrons. The average molecular weight is 334 g/mol. The highest BCUT2D eigenvalue weighted by Gasteiger charge is 2.17. The normalized spacial score (nSPS) is 10.4. The minimum atomic E-state index is -0.281. The van der Waals surface area contributed by atoms with Crippen LogP contribution in [0.5, 0.6) is 0 Å². The van der Waals surface area contributed by atoms with Gasteiger partial charge in [-0.3, -0.25) is 9.59 Å². The molecule has 1 aromatic heterocycles. The predicted molar refractivity (Wildman–Crippen MR) is 93.6 cm³/mol. The van der Waals surface area contributed by atoms with E-state index in [2.05, 4.69) is 10.5 Å². The monoisotopic (exact) mass is 334 g/mol. The summed E-state index contributed by atoms with van der Waals surface area (Å²) in [4.78, 5) is 25.2. The number of nitrogens with zero attached hydrogens (tertiary/aromatic N) is 1. The van der Waals surface area contributed by atoms with Gasteiger partial charge in [0.25, 0.3) is 5.91 Å². The highest BCUT2D eigenvalue weighted by atomic mass is 16.5. The van der Waals surface area contributed by atoms with Crippen molar-refractivity contribution in [2.24, 2.45) is 0 Å². The Labute approximate surface area is 145 Å². The molecular formula is C20H18N2O3. The molecule has 0 bridgehead atoms. The first-order valence-electron chi connectivity index (χ1n) is 8.04. The van der Waals surface area contributed by atoms with Crippen LogP contribution in [0.3, 0.4) is 0 Å². The van der Waals surface area contributed by atoms with Gasteiger partial charge in [0.05, 0.1) is 11.3 Å². The topological polar surface area (TPSA) is 72.2 Å². The zero-order chi connectivity index (χ0) is 17.6. The molecule has 126 valence electrons. The summed E-state index contributed by atoms with van der Waals surface area (Å²) in [6.07, 6.45) is 0.543. The summed E-state index contributed by atoms with van der Waals surface area (Å²) in [7, 11) is 0. The Bertz CT molecular complexity index is 885. The maximum absolute atomic E-state index is 12.7. The maximum atomic E-state index is 12.7. The zero-order valence-electron chi connectivity index (χ0n) is 13.9. The molecule has 0 saturated carbocycles. The molecule has 5 nitrogen and oxygen atoms in total. The quantitative estimate of drug-likeness (QED) is 0.703. The Morgan fingerprint density at radius 1 is 1.00 bits per heavy atom. The van der Waals surface area contributed by atoms with Crippen molar-refractivity contribution < 1.29 is 14.1 Å². The molecule has 1 N–H and O–H groups in total. The number of hydrogen-bond donors (Lipinski definition) is 1. The van der Waals surface area contributed by atoms with Crippen molar-refractivity contribution in [3.05, 3.63) is 88.8 Å². The minimum absolute atomic E-state index is 0.169. The van der Waals surface area contributed by atoms with Gasteiger partial charge in [0, 0.05) is 30.2 Å². The molecule has 3 aromatic rings. The number of amides is 1. The van der Waals surface area contributed by atoms with Crippen LogP contribution in [-0.2, 0) is 6.42 Å². The molecular weight excluding hydrogens is 316 g/mol. The SMILES string of the molecule is Cc1cc(CCNC(=O)c2ccccc2C(=O)c2ccccc2)on1. The molecule has 1 amide bonds. The maximum Gasteiger partial charge on any atom is 0.252 e. The third kappa shape index (κ3) is 4.01. The van der Waals surface area contributed by atoms with Crippen molar-refractivity contribution in [2.45, 2.75) is 13.3 Å². The first kappa shape index (κ1) is 16.6. The first-order valence-corrected chi connectivity index (χ1v) is 8.04. The number of nitrogens with one attached hydrogen (secondary N) is 1. The summed E-state index contributed by atoms with van der Waals surface area (Å²) in [6, 6.07) is 17.6. The summed E-state index contributed by atoms with van der Waals surface area (Å²) >= 11 is 0. The molecule has 0 aliphatic carbocycles. The Morgan fingerprint density at radius 3 is 2.36 bits per heavy atom. The lowest BCUT2D eigenvalue weighted by Crippen LogP contribution is -2.27. The molecule has 0 aliphatic heterocycles. The van der Waals surface area contributed by atoms with E-state index >= 15 is 0 Å². The number of benzene rings is 2. The van der Waals surface area contributed by atoms with Gasteiger partial charge in [-0.15, -0.1) is 0 Å². The van der Waals surface area contributed by atoms with E-state index in [0.29, 0.717) is 35.4 Å². The smallest absolute Gasteiger partial charge is 0.252 e. The molecule has 2 aromatic carbocycles. The number of hydrogen-bond acceptors (Lipinski definition) is 4. The number of rotatable bonds is 6. The zero-order valence-corrected chi connectivity index (χ0v) is 13.9. The van der Waals surface area contributed by atoms with Crippen LogP contribution in [0.15, 0.2) is 65.2 Å². The number of aromatic nitrogens is 1. The molecule has 0 atom stereocenters. The third-order valence-corrected chi connectivity index (χ3v) is 3.79. The molecule has 0 fully saturated rings. The van der Waals surface area contributed by atoms with E-state index in [1.807, 2.05) is 19.1 Å². The van der Waals surface area contributed by atoms with Crippen LogP contribution in [-0.4, -0.2) is 23.4 Å². The van der Waals surface area contributed by atoms with E-state index < -0.39 is 0 Å². The van der Waals surface area contributed by atoms with Gasteiger partial charge in [-0.05, 0) is 13.0 Å². The van der Waals surface area contributed by atoms with Crippen LogP contribution in [0.2, 0.25) is 0 Å². The van der Waals surface area contributed by atoms with Gasteiger partial charge in [-0.25, -0.2) is 0 Å². The molecule has 5 heteroatoms. The standard InChI is InChI=1S/C20H18N2O3/c1-14-13-16(25-22-14)11-12-21-20(24)18-10-6-5-9-17(18)19(23)15-7-3-2-4-8-15/h2-10,13H,11-12H2,1H3,(H,21,24). The largest absolute Gasteiger partial charge is 0.361 e. The Hall–Kier alpha value is -3.21. The molecule has 1 heterocycles. The average Bonchev–Trinajstić information content (AvgIpc) is 3.07. The van der Waals surface area contributed by atoms with E-state index in [4.69, 9.17) is 4.52 Å². The fraction of sp³-hybridized carbons (Fsp3) is 0.150. The Balaban J connectivity index is 1.71. The minimum Gasteiger partial charge on any atom is -0.361 e. The summed E-state index contributed by atoms with van der Waals surface area (Å²) in [5, 5.41) is 6.64. The van der Waals surface area contributed by atoms with E-state index in [1.54, 1.807) is 48.5 Å². The van der Waals surface area contributed by atoms with Gasteiger partial charge in [-0.1, -0.05) is 53.7 Å². The third-order valence-electron chi connectivity index (χ3n) is 3.79. The van der Waals surface area contributed by atoms with Crippen molar-refractivity contribution >= 4 is 11.7 Å². The van der Waals surface area contributed by atoms with Crippen LogP contribution in [0, 0.1) is 6.92 Å². The molecule has 0 aliphatic rings. The predicted octanol–water partition coefficient (Wildman–Crippen LogP) is 3.19. The number of carbonyl (C=O) groups excluding carboxylic acids is 2. The van der Waals surface area contributed by atoms with E-state index in [9.17, 15) is 9.59 Å². The Kier molecular flexibility index (Phi) is 5.04.